The van der Waals surface area contributed by atoms with Gasteiger partial charge in [0.1, 0.15) is 0 Å². The van der Waals surface area contributed by atoms with E-state index in [1.807, 2.05) is 6.07 Å². The van der Waals surface area contributed by atoms with E-state index < -0.39 is 21.2 Å². The zero-order valence-corrected chi connectivity index (χ0v) is 13.9. The SMILES string of the molecule is COC(C)(C)CC(=O)N=S(C)(=O)c1ccccc1Br. The van der Waals surface area contributed by atoms with E-state index in [0.717, 1.165) is 0 Å². The van der Waals surface area contributed by atoms with Gasteiger partial charge in [-0.1, -0.05) is 12.1 Å². The van der Waals surface area contributed by atoms with Crippen molar-refractivity contribution >= 4 is 31.6 Å². The first kappa shape index (κ1) is 16.3. The van der Waals surface area contributed by atoms with Gasteiger partial charge in [-0.25, -0.2) is 4.21 Å². The Hall–Kier alpha value is -0.720. The maximum atomic E-state index is 12.5. The number of rotatable bonds is 4. The lowest BCUT2D eigenvalue weighted by atomic mass is 10.1. The lowest BCUT2D eigenvalue weighted by Gasteiger charge is -2.20. The molecule has 1 aromatic rings. The first-order valence-corrected chi connectivity index (χ1v) is 8.44. The Labute approximate surface area is 122 Å². The molecule has 1 amide bonds. The van der Waals surface area contributed by atoms with Crippen LogP contribution >= 0.6 is 15.9 Å². The first-order valence-electron chi connectivity index (χ1n) is 5.73. The third-order valence-corrected chi connectivity index (χ3v) is 5.33. The summed E-state index contributed by atoms with van der Waals surface area (Å²) >= 11 is 3.32. The molecular formula is C13H18BrNO3S. The Morgan fingerprint density at radius 3 is 2.53 bits per heavy atom. The summed E-state index contributed by atoms with van der Waals surface area (Å²) < 4.78 is 22.2. The molecule has 1 unspecified atom stereocenters. The summed E-state index contributed by atoms with van der Waals surface area (Å²) in [7, 11) is -1.22. The molecular weight excluding hydrogens is 330 g/mol. The fourth-order valence-electron chi connectivity index (χ4n) is 1.46. The lowest BCUT2D eigenvalue weighted by molar-refractivity contribution is -0.122. The largest absolute Gasteiger partial charge is 0.378 e. The molecule has 4 nitrogen and oxygen atoms in total. The van der Waals surface area contributed by atoms with Gasteiger partial charge in [-0.05, 0) is 41.9 Å². The lowest BCUT2D eigenvalue weighted by Crippen LogP contribution is -2.26. The fourth-order valence-corrected chi connectivity index (χ4v) is 3.96. The summed E-state index contributed by atoms with van der Waals surface area (Å²) in [6, 6.07) is 7.06. The highest BCUT2D eigenvalue weighted by Crippen LogP contribution is 2.23. The minimum Gasteiger partial charge on any atom is -0.378 e. The highest BCUT2D eigenvalue weighted by molar-refractivity contribution is 9.10. The third-order valence-electron chi connectivity index (χ3n) is 2.65. The average Bonchev–Trinajstić information content (AvgIpc) is 2.27. The molecule has 0 aliphatic rings. The quantitative estimate of drug-likeness (QED) is 0.839. The first-order chi connectivity index (χ1) is 8.68. The molecule has 0 aliphatic heterocycles. The summed E-state index contributed by atoms with van der Waals surface area (Å²) in [6.07, 6.45) is 1.56. The number of amides is 1. The van der Waals surface area contributed by atoms with Gasteiger partial charge in [0.15, 0.2) is 0 Å². The minimum atomic E-state index is -2.75. The molecule has 19 heavy (non-hydrogen) atoms. The molecule has 1 rings (SSSR count). The molecule has 0 saturated heterocycles. The second-order valence-electron chi connectivity index (χ2n) is 4.86. The Bertz CT molecular complexity index is 589. The molecule has 0 spiro atoms. The van der Waals surface area contributed by atoms with E-state index in [4.69, 9.17) is 4.74 Å². The van der Waals surface area contributed by atoms with E-state index in [0.29, 0.717) is 9.37 Å². The Morgan fingerprint density at radius 1 is 1.42 bits per heavy atom. The number of ether oxygens (including phenoxy) is 1. The van der Waals surface area contributed by atoms with Crippen molar-refractivity contribution in [2.24, 2.45) is 4.36 Å². The maximum absolute atomic E-state index is 12.5. The molecule has 0 radical (unpaired) electrons. The molecule has 0 N–H and O–H groups in total. The van der Waals surface area contributed by atoms with Crippen molar-refractivity contribution in [2.75, 3.05) is 13.4 Å². The second kappa shape index (κ2) is 6.15. The van der Waals surface area contributed by atoms with Crippen LogP contribution in [0.25, 0.3) is 0 Å². The van der Waals surface area contributed by atoms with Crippen LogP contribution in [0.1, 0.15) is 20.3 Å². The van der Waals surface area contributed by atoms with Gasteiger partial charge in [0.2, 0.25) is 0 Å². The van der Waals surface area contributed by atoms with Crippen LogP contribution in [0.3, 0.4) is 0 Å². The smallest absolute Gasteiger partial charge is 0.256 e. The van der Waals surface area contributed by atoms with Crippen molar-refractivity contribution < 1.29 is 13.7 Å². The van der Waals surface area contributed by atoms with E-state index in [2.05, 4.69) is 20.3 Å². The number of carbonyl (C=O) groups excluding carboxylic acids is 1. The van der Waals surface area contributed by atoms with Gasteiger partial charge in [-0.3, -0.25) is 4.79 Å². The zero-order valence-electron chi connectivity index (χ0n) is 11.5. The Kier molecular flexibility index (Phi) is 5.29. The highest BCUT2D eigenvalue weighted by Gasteiger charge is 2.22. The van der Waals surface area contributed by atoms with Gasteiger partial charge in [-0.2, -0.15) is 4.36 Å². The second-order valence-corrected chi connectivity index (χ2v) is 7.94. The van der Waals surface area contributed by atoms with Crippen LogP contribution in [0.5, 0.6) is 0 Å². The van der Waals surface area contributed by atoms with Crippen LogP contribution in [0.2, 0.25) is 0 Å². The third kappa shape index (κ3) is 4.71. The number of halogens is 1. The van der Waals surface area contributed by atoms with Crippen molar-refractivity contribution in [3.05, 3.63) is 28.7 Å². The molecule has 0 saturated carbocycles. The zero-order chi connectivity index (χ0) is 14.7. The predicted molar refractivity (Wildman–Crippen MR) is 79.6 cm³/mol. The van der Waals surface area contributed by atoms with Crippen LogP contribution in [0, 0.1) is 0 Å². The van der Waals surface area contributed by atoms with E-state index in [1.165, 1.54) is 13.4 Å². The summed E-state index contributed by atoms with van der Waals surface area (Å²) in [4.78, 5) is 12.4. The standard InChI is InChI=1S/C13H18BrNO3S/c1-13(2,18-3)9-12(16)15-19(4,17)11-8-6-5-7-10(11)14/h5-8H,9H2,1-4H3. The molecule has 0 bridgehead atoms. The number of hydrogen-bond acceptors (Lipinski definition) is 3. The van der Waals surface area contributed by atoms with E-state index in [1.54, 1.807) is 32.0 Å². The Balaban J connectivity index is 3.08. The van der Waals surface area contributed by atoms with Crippen LogP contribution in [0.15, 0.2) is 38.0 Å². The summed E-state index contributed by atoms with van der Waals surface area (Å²) in [5, 5.41) is 0. The van der Waals surface area contributed by atoms with Crippen LogP contribution in [0.4, 0.5) is 0 Å². The number of nitrogens with zero attached hydrogens (tertiary/aromatic N) is 1. The monoisotopic (exact) mass is 347 g/mol. The maximum Gasteiger partial charge on any atom is 0.256 e. The van der Waals surface area contributed by atoms with Crippen molar-refractivity contribution in [1.82, 2.24) is 0 Å². The molecule has 106 valence electrons. The number of hydrogen-bond donors (Lipinski definition) is 0. The molecule has 1 aromatic carbocycles. The van der Waals surface area contributed by atoms with Gasteiger partial charge < -0.3 is 4.74 Å². The minimum absolute atomic E-state index is 0.0960. The number of benzene rings is 1. The molecule has 0 heterocycles. The van der Waals surface area contributed by atoms with Crippen LogP contribution in [-0.4, -0.2) is 29.1 Å². The number of carbonyl (C=O) groups is 1. The van der Waals surface area contributed by atoms with Crippen molar-refractivity contribution in [3.63, 3.8) is 0 Å². The van der Waals surface area contributed by atoms with Gasteiger partial charge in [0.25, 0.3) is 5.91 Å². The number of methoxy groups -OCH3 is 1. The predicted octanol–water partition coefficient (Wildman–Crippen LogP) is 3.25. The topological polar surface area (TPSA) is 55.7 Å². The fraction of sp³-hybridized carbons (Fsp3) is 0.462. The van der Waals surface area contributed by atoms with E-state index in [9.17, 15) is 9.00 Å². The van der Waals surface area contributed by atoms with Gasteiger partial charge >= 0.3 is 0 Å². The normalized spacial score (nSPS) is 14.8. The van der Waals surface area contributed by atoms with Crippen molar-refractivity contribution in [1.29, 1.82) is 0 Å². The van der Waals surface area contributed by atoms with E-state index in [-0.39, 0.29) is 6.42 Å². The summed E-state index contributed by atoms with van der Waals surface area (Å²) in [5.74, 6) is -0.421. The van der Waals surface area contributed by atoms with Gasteiger partial charge in [0, 0.05) is 17.8 Å². The summed E-state index contributed by atoms with van der Waals surface area (Å²) in [5.41, 5.74) is -0.607. The van der Waals surface area contributed by atoms with Crippen LogP contribution < -0.4 is 0 Å². The van der Waals surface area contributed by atoms with Crippen molar-refractivity contribution in [2.45, 2.75) is 30.8 Å². The molecule has 1 atom stereocenters. The molecule has 0 fully saturated rings. The Morgan fingerprint density at radius 2 is 2.00 bits per heavy atom. The highest BCUT2D eigenvalue weighted by atomic mass is 79.9. The van der Waals surface area contributed by atoms with Crippen molar-refractivity contribution in [3.8, 4) is 0 Å². The average molecular weight is 348 g/mol. The molecule has 6 heteroatoms. The summed E-state index contributed by atoms with van der Waals surface area (Å²) in [6.45, 7) is 3.58. The van der Waals surface area contributed by atoms with Gasteiger partial charge in [-0.15, -0.1) is 0 Å². The molecule has 0 aliphatic carbocycles. The van der Waals surface area contributed by atoms with Gasteiger partial charge in [0.05, 0.1) is 26.6 Å². The van der Waals surface area contributed by atoms with Crippen LogP contribution in [-0.2, 0) is 19.3 Å². The van der Waals surface area contributed by atoms with E-state index >= 15 is 0 Å². The molecule has 0 aromatic heterocycles.